The van der Waals surface area contributed by atoms with Gasteiger partial charge in [0.1, 0.15) is 5.75 Å². The van der Waals surface area contributed by atoms with Crippen LogP contribution in [-0.2, 0) is 19.4 Å². The summed E-state index contributed by atoms with van der Waals surface area (Å²) in [6, 6.07) is 6.73. The molecule has 0 amide bonds. The van der Waals surface area contributed by atoms with E-state index in [9.17, 15) is 0 Å². The molecule has 1 aromatic heterocycles. The summed E-state index contributed by atoms with van der Waals surface area (Å²) < 4.78 is 16.3. The highest BCUT2D eigenvalue weighted by molar-refractivity contribution is 5.50. The van der Waals surface area contributed by atoms with Gasteiger partial charge in [0.05, 0.1) is 27.5 Å². The third-order valence-electron chi connectivity index (χ3n) is 5.14. The Hall–Kier alpha value is -2.27. The van der Waals surface area contributed by atoms with Crippen molar-refractivity contribution in [2.24, 2.45) is 0 Å². The number of methoxy groups -OCH3 is 3. The van der Waals surface area contributed by atoms with E-state index in [0.717, 1.165) is 43.2 Å². The summed E-state index contributed by atoms with van der Waals surface area (Å²) in [6.07, 6.45) is 3.76. The third-order valence-corrected chi connectivity index (χ3v) is 5.14. The molecular weight excluding hydrogens is 304 g/mol. The third kappa shape index (κ3) is 2.40. The Morgan fingerprint density at radius 1 is 1.00 bits per heavy atom. The minimum Gasteiger partial charge on any atom is -0.495 e. The van der Waals surface area contributed by atoms with Crippen LogP contribution < -0.4 is 14.2 Å². The highest BCUT2D eigenvalue weighted by Gasteiger charge is 2.33. The second-order valence-electron chi connectivity index (χ2n) is 6.33. The molecule has 126 valence electrons. The largest absolute Gasteiger partial charge is 0.495 e. The molecule has 0 fully saturated rings. The zero-order valence-electron chi connectivity index (χ0n) is 14.3. The molecule has 0 radical (unpaired) electrons. The molecule has 1 aromatic carbocycles. The fourth-order valence-electron chi connectivity index (χ4n) is 3.86. The summed E-state index contributed by atoms with van der Waals surface area (Å²) in [4.78, 5) is 7.15. The molecule has 24 heavy (non-hydrogen) atoms. The molecule has 4 rings (SSSR count). The Bertz CT molecular complexity index is 775. The number of aromatic nitrogens is 1. The predicted molar refractivity (Wildman–Crippen MR) is 90.9 cm³/mol. The van der Waals surface area contributed by atoms with Crippen LogP contribution in [0.15, 0.2) is 24.4 Å². The standard InChI is InChI=1S/C19H22N2O3/c1-22-14-6-13-11-21-5-4-12-7-18(23-2)19(24-3)8-15(12)17(21)9-16(13)20-10-14/h6-8,10,17H,4-5,9,11H2,1-3H3/t17-/m1/s1. The van der Waals surface area contributed by atoms with Gasteiger partial charge in [0.2, 0.25) is 0 Å². The summed E-state index contributed by atoms with van der Waals surface area (Å²) in [6.45, 7) is 1.96. The van der Waals surface area contributed by atoms with Crippen molar-refractivity contribution in [1.29, 1.82) is 0 Å². The first-order chi connectivity index (χ1) is 11.7. The van der Waals surface area contributed by atoms with Gasteiger partial charge in [0.15, 0.2) is 11.5 Å². The van der Waals surface area contributed by atoms with Crippen LogP contribution in [0.1, 0.15) is 28.4 Å². The number of fused-ring (bicyclic) bond motifs is 4. The number of hydrogen-bond donors (Lipinski definition) is 0. The lowest BCUT2D eigenvalue weighted by atomic mass is 9.85. The van der Waals surface area contributed by atoms with Gasteiger partial charge in [-0.2, -0.15) is 0 Å². The maximum atomic E-state index is 5.51. The zero-order chi connectivity index (χ0) is 16.7. The Kier molecular flexibility index (Phi) is 3.81. The second kappa shape index (κ2) is 5.98. The first kappa shape index (κ1) is 15.3. The maximum absolute atomic E-state index is 5.51. The molecule has 0 saturated carbocycles. The molecule has 0 bridgehead atoms. The first-order valence-corrected chi connectivity index (χ1v) is 8.24. The molecule has 0 unspecified atom stereocenters. The molecule has 0 aliphatic carbocycles. The summed E-state index contributed by atoms with van der Waals surface area (Å²) in [5.41, 5.74) is 5.13. The summed E-state index contributed by atoms with van der Waals surface area (Å²) in [5.74, 6) is 2.44. The SMILES string of the molecule is COc1cnc2c(c1)CN1CCc3cc(OC)c(OC)cc3[C@H]1C2. The van der Waals surface area contributed by atoms with E-state index in [0.29, 0.717) is 6.04 Å². The fourth-order valence-corrected chi connectivity index (χ4v) is 3.86. The van der Waals surface area contributed by atoms with Gasteiger partial charge in [0, 0.05) is 31.2 Å². The van der Waals surface area contributed by atoms with Crippen molar-refractivity contribution in [3.8, 4) is 17.2 Å². The van der Waals surface area contributed by atoms with Gasteiger partial charge in [-0.05, 0) is 41.3 Å². The van der Waals surface area contributed by atoms with Crippen LogP contribution in [-0.4, -0.2) is 37.8 Å². The second-order valence-corrected chi connectivity index (χ2v) is 6.33. The molecule has 5 heteroatoms. The summed E-state index contributed by atoms with van der Waals surface area (Å²) >= 11 is 0. The van der Waals surface area contributed by atoms with Crippen molar-refractivity contribution in [1.82, 2.24) is 9.88 Å². The minimum atomic E-state index is 0.349. The number of pyridine rings is 1. The number of benzene rings is 1. The van der Waals surface area contributed by atoms with Crippen molar-refractivity contribution >= 4 is 0 Å². The number of hydrogen-bond acceptors (Lipinski definition) is 5. The van der Waals surface area contributed by atoms with Crippen molar-refractivity contribution < 1.29 is 14.2 Å². The first-order valence-electron chi connectivity index (χ1n) is 8.24. The summed E-state index contributed by atoms with van der Waals surface area (Å²) in [7, 11) is 5.06. The van der Waals surface area contributed by atoms with Crippen LogP contribution in [0.5, 0.6) is 17.2 Å². The van der Waals surface area contributed by atoms with Gasteiger partial charge in [0.25, 0.3) is 0 Å². The van der Waals surface area contributed by atoms with Crippen LogP contribution in [0, 0.1) is 0 Å². The van der Waals surface area contributed by atoms with Crippen LogP contribution in [0.4, 0.5) is 0 Å². The van der Waals surface area contributed by atoms with Gasteiger partial charge in [-0.25, -0.2) is 0 Å². The number of rotatable bonds is 3. The van der Waals surface area contributed by atoms with Crippen molar-refractivity contribution in [2.45, 2.75) is 25.4 Å². The van der Waals surface area contributed by atoms with E-state index < -0.39 is 0 Å². The van der Waals surface area contributed by atoms with E-state index in [1.54, 1.807) is 21.3 Å². The quantitative estimate of drug-likeness (QED) is 0.868. The molecule has 2 aliphatic heterocycles. The molecular formula is C19H22N2O3. The topological polar surface area (TPSA) is 43.8 Å². The number of nitrogens with zero attached hydrogens (tertiary/aromatic N) is 2. The molecule has 2 aliphatic rings. The lowest BCUT2D eigenvalue weighted by molar-refractivity contribution is 0.158. The molecule has 0 spiro atoms. The molecule has 3 heterocycles. The van der Waals surface area contributed by atoms with Gasteiger partial charge in [-0.3, -0.25) is 9.88 Å². The lowest BCUT2D eigenvalue weighted by Crippen LogP contribution is -2.39. The molecule has 1 atom stereocenters. The van der Waals surface area contributed by atoms with Gasteiger partial charge < -0.3 is 14.2 Å². The van der Waals surface area contributed by atoms with Crippen LogP contribution in [0.3, 0.4) is 0 Å². The van der Waals surface area contributed by atoms with E-state index in [4.69, 9.17) is 14.2 Å². The molecule has 0 N–H and O–H groups in total. The molecule has 5 nitrogen and oxygen atoms in total. The summed E-state index contributed by atoms with van der Waals surface area (Å²) in [5, 5.41) is 0. The Labute approximate surface area is 142 Å². The molecule has 0 saturated heterocycles. The maximum Gasteiger partial charge on any atom is 0.161 e. The highest BCUT2D eigenvalue weighted by atomic mass is 16.5. The minimum absolute atomic E-state index is 0.349. The fraction of sp³-hybridized carbons (Fsp3) is 0.421. The van der Waals surface area contributed by atoms with E-state index in [1.807, 2.05) is 6.20 Å². The lowest BCUT2D eigenvalue weighted by Gasteiger charge is -2.41. The van der Waals surface area contributed by atoms with Gasteiger partial charge >= 0.3 is 0 Å². The van der Waals surface area contributed by atoms with E-state index >= 15 is 0 Å². The normalized spacial score (nSPS) is 19.0. The smallest absolute Gasteiger partial charge is 0.161 e. The predicted octanol–water partition coefficient (Wildman–Crippen LogP) is 2.76. The van der Waals surface area contributed by atoms with E-state index in [2.05, 4.69) is 28.1 Å². The van der Waals surface area contributed by atoms with E-state index in [1.165, 1.54) is 22.4 Å². The molecule has 2 aromatic rings. The van der Waals surface area contributed by atoms with Crippen molar-refractivity contribution in [3.05, 3.63) is 46.8 Å². The van der Waals surface area contributed by atoms with Gasteiger partial charge in [-0.15, -0.1) is 0 Å². The Morgan fingerprint density at radius 3 is 2.54 bits per heavy atom. The highest BCUT2D eigenvalue weighted by Crippen LogP contribution is 2.42. The van der Waals surface area contributed by atoms with Crippen molar-refractivity contribution in [2.75, 3.05) is 27.9 Å². The monoisotopic (exact) mass is 326 g/mol. The zero-order valence-corrected chi connectivity index (χ0v) is 14.3. The Balaban J connectivity index is 1.73. The van der Waals surface area contributed by atoms with Crippen LogP contribution in [0.2, 0.25) is 0 Å². The Morgan fingerprint density at radius 2 is 1.79 bits per heavy atom. The van der Waals surface area contributed by atoms with Crippen LogP contribution in [0.25, 0.3) is 0 Å². The van der Waals surface area contributed by atoms with E-state index in [-0.39, 0.29) is 0 Å². The van der Waals surface area contributed by atoms with Crippen molar-refractivity contribution in [3.63, 3.8) is 0 Å². The van der Waals surface area contributed by atoms with Gasteiger partial charge in [-0.1, -0.05) is 0 Å². The number of ether oxygens (including phenoxy) is 3. The van der Waals surface area contributed by atoms with Crippen LogP contribution >= 0.6 is 0 Å². The average molecular weight is 326 g/mol. The average Bonchev–Trinajstić information content (AvgIpc) is 2.64.